The summed E-state index contributed by atoms with van der Waals surface area (Å²) in [7, 11) is 0. The van der Waals surface area contributed by atoms with E-state index in [9.17, 15) is 4.79 Å². The minimum Gasteiger partial charge on any atom is -0.482 e. The molecule has 1 aromatic heterocycles. The number of halogens is 1. The maximum atomic E-state index is 10.7. The van der Waals surface area contributed by atoms with E-state index in [0.29, 0.717) is 16.3 Å². The van der Waals surface area contributed by atoms with E-state index >= 15 is 0 Å². The highest BCUT2D eigenvalue weighted by Gasteiger charge is 2.16. The minimum absolute atomic E-state index is 0.261. The van der Waals surface area contributed by atoms with E-state index in [1.54, 1.807) is 30.3 Å². The van der Waals surface area contributed by atoms with E-state index in [4.69, 9.17) is 32.9 Å². The maximum Gasteiger partial charge on any atom is 0.341 e. The second-order valence-electron chi connectivity index (χ2n) is 5.39. The van der Waals surface area contributed by atoms with E-state index in [1.807, 2.05) is 6.07 Å². The van der Waals surface area contributed by atoms with E-state index in [0.717, 1.165) is 21.9 Å². The quantitative estimate of drug-likeness (QED) is 0.612. The molecule has 0 aliphatic rings. The number of hydrogen-bond acceptors (Lipinski definition) is 5. The summed E-state index contributed by atoms with van der Waals surface area (Å²) in [6.45, 7) is -0.155. The van der Waals surface area contributed by atoms with Crippen LogP contribution in [0, 0.1) is 0 Å². The molecule has 0 bridgehead atoms. The molecular formula is C17H16ClN3O3. The molecule has 0 saturated carbocycles. The summed E-state index contributed by atoms with van der Waals surface area (Å²) >= 11 is 6.06. The second-order valence-corrected chi connectivity index (χ2v) is 5.83. The number of fused-ring (bicyclic) bond motifs is 2. The van der Waals surface area contributed by atoms with Crippen molar-refractivity contribution >= 4 is 39.4 Å². The predicted molar refractivity (Wildman–Crippen MR) is 93.4 cm³/mol. The Morgan fingerprint density at radius 1 is 1.21 bits per heavy atom. The Bertz CT molecular complexity index is 930. The average molecular weight is 346 g/mol. The van der Waals surface area contributed by atoms with Gasteiger partial charge in [-0.15, -0.1) is 0 Å². The molecule has 0 aliphatic carbocycles. The van der Waals surface area contributed by atoms with Gasteiger partial charge in [0, 0.05) is 28.4 Å². The van der Waals surface area contributed by atoms with Crippen LogP contribution in [-0.2, 0) is 4.79 Å². The van der Waals surface area contributed by atoms with Crippen LogP contribution in [0.15, 0.2) is 36.4 Å². The SMILES string of the molecule is NCC(N)c1c2ccc(Cl)cc2nc2ccc(OCC(=O)O)cc12. The molecule has 0 saturated heterocycles. The van der Waals surface area contributed by atoms with Gasteiger partial charge in [0.15, 0.2) is 6.61 Å². The summed E-state index contributed by atoms with van der Waals surface area (Å²) in [4.78, 5) is 15.3. The molecule has 6 nitrogen and oxygen atoms in total. The zero-order chi connectivity index (χ0) is 17.3. The van der Waals surface area contributed by atoms with Crippen molar-refractivity contribution in [1.29, 1.82) is 0 Å². The lowest BCUT2D eigenvalue weighted by Crippen LogP contribution is -2.21. The Balaban J connectivity index is 2.25. The largest absolute Gasteiger partial charge is 0.482 e. The predicted octanol–water partition coefficient (Wildman–Crippen LogP) is 2.46. The van der Waals surface area contributed by atoms with E-state index < -0.39 is 18.6 Å². The van der Waals surface area contributed by atoms with Crippen molar-refractivity contribution in [2.75, 3.05) is 13.2 Å². The molecule has 7 heteroatoms. The van der Waals surface area contributed by atoms with Crippen LogP contribution in [0.3, 0.4) is 0 Å². The lowest BCUT2D eigenvalue weighted by Gasteiger charge is -2.17. The third-order valence-corrected chi connectivity index (χ3v) is 3.97. The third-order valence-electron chi connectivity index (χ3n) is 3.74. The van der Waals surface area contributed by atoms with Crippen molar-refractivity contribution in [1.82, 2.24) is 4.98 Å². The number of pyridine rings is 1. The summed E-state index contributed by atoms with van der Waals surface area (Å²) in [5.41, 5.74) is 14.3. The smallest absolute Gasteiger partial charge is 0.341 e. The van der Waals surface area contributed by atoms with Crippen molar-refractivity contribution in [2.24, 2.45) is 11.5 Å². The summed E-state index contributed by atoms with van der Waals surface area (Å²) in [6.07, 6.45) is 0. The average Bonchev–Trinajstić information content (AvgIpc) is 2.57. The van der Waals surface area contributed by atoms with Crippen LogP contribution in [0.25, 0.3) is 21.8 Å². The number of ether oxygens (including phenoxy) is 1. The van der Waals surface area contributed by atoms with Gasteiger partial charge in [-0.05, 0) is 35.9 Å². The van der Waals surface area contributed by atoms with E-state index in [1.165, 1.54) is 0 Å². The second kappa shape index (κ2) is 6.60. The lowest BCUT2D eigenvalue weighted by molar-refractivity contribution is -0.139. The molecule has 3 aromatic rings. The first-order chi connectivity index (χ1) is 11.5. The van der Waals surface area contributed by atoms with Crippen LogP contribution in [-0.4, -0.2) is 29.2 Å². The Kier molecular flexibility index (Phi) is 4.53. The van der Waals surface area contributed by atoms with Gasteiger partial charge in [0.1, 0.15) is 5.75 Å². The molecule has 124 valence electrons. The molecule has 5 N–H and O–H groups in total. The number of rotatable bonds is 5. The normalized spacial score (nSPS) is 12.5. The Hall–Kier alpha value is -2.41. The summed E-state index contributed by atoms with van der Waals surface area (Å²) in [5, 5.41) is 11.0. The molecule has 1 unspecified atom stereocenters. The molecule has 0 fully saturated rings. The highest BCUT2D eigenvalue weighted by Crippen LogP contribution is 2.33. The zero-order valence-corrected chi connectivity index (χ0v) is 13.5. The number of benzene rings is 2. The van der Waals surface area contributed by atoms with Gasteiger partial charge in [-0.2, -0.15) is 0 Å². The van der Waals surface area contributed by atoms with Crippen molar-refractivity contribution in [3.63, 3.8) is 0 Å². The Morgan fingerprint density at radius 2 is 2.00 bits per heavy atom. The van der Waals surface area contributed by atoms with Crippen molar-refractivity contribution in [3.8, 4) is 5.75 Å². The van der Waals surface area contributed by atoms with E-state index in [-0.39, 0.29) is 6.54 Å². The van der Waals surface area contributed by atoms with Crippen LogP contribution in [0.4, 0.5) is 0 Å². The van der Waals surface area contributed by atoms with Gasteiger partial charge >= 0.3 is 5.97 Å². The topological polar surface area (TPSA) is 111 Å². The molecule has 0 radical (unpaired) electrons. The van der Waals surface area contributed by atoms with Crippen LogP contribution in [0.2, 0.25) is 5.02 Å². The fourth-order valence-corrected chi connectivity index (χ4v) is 2.85. The first-order valence-electron chi connectivity index (χ1n) is 7.32. The maximum absolute atomic E-state index is 10.7. The lowest BCUT2D eigenvalue weighted by atomic mass is 9.97. The van der Waals surface area contributed by atoms with Gasteiger partial charge in [-0.1, -0.05) is 17.7 Å². The van der Waals surface area contributed by atoms with Crippen LogP contribution >= 0.6 is 11.6 Å². The van der Waals surface area contributed by atoms with E-state index in [2.05, 4.69) is 4.98 Å². The van der Waals surface area contributed by atoms with Gasteiger partial charge in [0.05, 0.1) is 11.0 Å². The van der Waals surface area contributed by atoms with Gasteiger partial charge < -0.3 is 21.3 Å². The number of nitrogens with zero attached hydrogens (tertiary/aromatic N) is 1. The standard InChI is InChI=1S/C17H16ClN3O3/c18-9-1-3-11-15(5-9)21-14-4-2-10(24-8-16(22)23)6-12(14)17(11)13(20)7-19/h1-6,13H,7-8,19-20H2,(H,22,23). The number of nitrogens with two attached hydrogens (primary N) is 2. The van der Waals surface area contributed by atoms with Crippen molar-refractivity contribution in [3.05, 3.63) is 47.0 Å². The zero-order valence-electron chi connectivity index (χ0n) is 12.7. The molecular weight excluding hydrogens is 330 g/mol. The summed E-state index contributed by atoms with van der Waals surface area (Å²) in [6, 6.07) is 10.2. The number of carboxylic acids is 1. The highest BCUT2D eigenvalue weighted by atomic mass is 35.5. The fraction of sp³-hybridized carbons (Fsp3) is 0.176. The monoisotopic (exact) mass is 345 g/mol. The number of hydrogen-bond donors (Lipinski definition) is 3. The fourth-order valence-electron chi connectivity index (χ4n) is 2.68. The molecule has 3 rings (SSSR count). The molecule has 24 heavy (non-hydrogen) atoms. The van der Waals surface area contributed by atoms with Crippen molar-refractivity contribution < 1.29 is 14.6 Å². The molecule has 2 aromatic carbocycles. The number of aromatic nitrogens is 1. The molecule has 0 aliphatic heterocycles. The van der Waals surface area contributed by atoms with Crippen LogP contribution in [0.1, 0.15) is 11.6 Å². The molecule has 0 spiro atoms. The Labute approximate surface area is 143 Å². The van der Waals surface area contributed by atoms with Crippen LogP contribution < -0.4 is 16.2 Å². The van der Waals surface area contributed by atoms with Gasteiger partial charge in [0.25, 0.3) is 0 Å². The van der Waals surface area contributed by atoms with Crippen molar-refractivity contribution in [2.45, 2.75) is 6.04 Å². The number of carbonyl (C=O) groups is 1. The minimum atomic E-state index is -1.04. The summed E-state index contributed by atoms with van der Waals surface area (Å²) in [5.74, 6) is -0.606. The first kappa shape index (κ1) is 16.4. The highest BCUT2D eigenvalue weighted by molar-refractivity contribution is 6.31. The summed E-state index contributed by atoms with van der Waals surface area (Å²) < 4.78 is 5.25. The number of aliphatic carboxylic acids is 1. The number of carboxylic acid groups (broad SMARTS) is 1. The molecule has 0 amide bonds. The van der Waals surface area contributed by atoms with Gasteiger partial charge in [-0.3, -0.25) is 0 Å². The molecule has 1 heterocycles. The van der Waals surface area contributed by atoms with Crippen LogP contribution in [0.5, 0.6) is 5.75 Å². The molecule has 1 atom stereocenters. The first-order valence-corrected chi connectivity index (χ1v) is 7.70. The Morgan fingerprint density at radius 3 is 2.71 bits per heavy atom. The van der Waals surface area contributed by atoms with Gasteiger partial charge in [0.2, 0.25) is 0 Å². The van der Waals surface area contributed by atoms with Gasteiger partial charge in [-0.25, -0.2) is 9.78 Å². The third kappa shape index (κ3) is 3.12.